The van der Waals surface area contributed by atoms with E-state index in [1.807, 2.05) is 0 Å². The maximum Gasteiger partial charge on any atom is 0.183 e. The highest BCUT2D eigenvalue weighted by atomic mass is 28.4. The summed E-state index contributed by atoms with van der Waals surface area (Å²) in [6, 6.07) is 0. The summed E-state index contributed by atoms with van der Waals surface area (Å²) < 4.78 is 6.13. The quantitative estimate of drug-likeness (QED) is 0.413. The lowest BCUT2D eigenvalue weighted by atomic mass is 9.42. The Bertz CT molecular complexity index is 797. The predicted molar refractivity (Wildman–Crippen MR) is 127 cm³/mol. The highest BCUT2D eigenvalue weighted by molar-refractivity contribution is 6.69. The van der Waals surface area contributed by atoms with Gasteiger partial charge in [-0.2, -0.15) is 0 Å². The summed E-state index contributed by atoms with van der Waals surface area (Å²) in [6.45, 7) is 12.3. The van der Waals surface area contributed by atoms with Crippen LogP contribution in [0.1, 0.15) is 71.6 Å². The van der Waals surface area contributed by atoms with Crippen molar-refractivity contribution in [2.24, 2.45) is 52.3 Å². The third kappa shape index (κ3) is 2.75. The smallest absolute Gasteiger partial charge is 0.183 e. The van der Waals surface area contributed by atoms with E-state index in [-0.39, 0.29) is 16.9 Å². The topological polar surface area (TPSA) is 69.9 Å². The molecule has 6 fully saturated rings. The van der Waals surface area contributed by atoms with Gasteiger partial charge in [0.15, 0.2) is 8.32 Å². The van der Waals surface area contributed by atoms with Gasteiger partial charge in [-0.15, -0.1) is 0 Å². The van der Waals surface area contributed by atoms with Crippen molar-refractivity contribution in [3.63, 3.8) is 0 Å². The van der Waals surface area contributed by atoms with E-state index in [4.69, 9.17) is 4.43 Å². The molecule has 4 nitrogen and oxygen atoms in total. The summed E-state index contributed by atoms with van der Waals surface area (Å²) in [6.07, 6.45) is 8.53. The molecule has 0 bridgehead atoms. The first-order valence-electron chi connectivity index (χ1n) is 13.6. The van der Waals surface area contributed by atoms with E-state index >= 15 is 0 Å². The zero-order valence-electron chi connectivity index (χ0n) is 20.9. The molecule has 6 saturated carbocycles. The fourth-order valence-electron chi connectivity index (χ4n) is 10.5. The molecule has 182 valence electrons. The van der Waals surface area contributed by atoms with Crippen LogP contribution in [0.2, 0.25) is 19.6 Å². The lowest BCUT2D eigenvalue weighted by molar-refractivity contribution is -0.237. The van der Waals surface area contributed by atoms with E-state index in [0.29, 0.717) is 47.8 Å². The minimum atomic E-state index is -1.51. The molecule has 5 heteroatoms. The third-order valence-electron chi connectivity index (χ3n) is 12.0. The van der Waals surface area contributed by atoms with Gasteiger partial charge >= 0.3 is 0 Å². The van der Waals surface area contributed by atoms with Crippen molar-refractivity contribution >= 4 is 8.32 Å². The summed E-state index contributed by atoms with van der Waals surface area (Å²) in [4.78, 5) is 0. The number of fused-ring (bicyclic) bond motifs is 10. The Morgan fingerprint density at radius 3 is 2.31 bits per heavy atom. The van der Waals surface area contributed by atoms with E-state index < -0.39 is 19.5 Å². The average molecular weight is 463 g/mol. The average Bonchev–Trinajstić information content (AvgIpc) is 3.59. The van der Waals surface area contributed by atoms with E-state index in [2.05, 4.69) is 33.5 Å². The Labute approximate surface area is 195 Å². The van der Waals surface area contributed by atoms with Crippen LogP contribution < -0.4 is 0 Å². The van der Waals surface area contributed by atoms with Crippen LogP contribution in [0.3, 0.4) is 0 Å². The van der Waals surface area contributed by atoms with Gasteiger partial charge in [-0.1, -0.05) is 13.8 Å². The van der Waals surface area contributed by atoms with Gasteiger partial charge in [-0.05, 0) is 123 Å². The molecule has 0 radical (unpaired) electrons. The minimum absolute atomic E-state index is 0.0219. The molecular weight excluding hydrogens is 416 g/mol. The largest absolute Gasteiger partial charge is 0.418 e. The Morgan fingerprint density at radius 2 is 1.59 bits per heavy atom. The van der Waals surface area contributed by atoms with E-state index in [0.717, 1.165) is 51.6 Å². The summed E-state index contributed by atoms with van der Waals surface area (Å²) in [5, 5.41) is 34.6. The van der Waals surface area contributed by atoms with Crippen LogP contribution in [0, 0.1) is 52.3 Å². The summed E-state index contributed by atoms with van der Waals surface area (Å²) in [5.41, 5.74) is -1.24. The van der Waals surface area contributed by atoms with Crippen LogP contribution in [0.4, 0.5) is 0 Å². The lowest BCUT2D eigenvalue weighted by Crippen LogP contribution is -2.65. The Morgan fingerprint density at radius 1 is 0.906 bits per heavy atom. The van der Waals surface area contributed by atoms with Crippen molar-refractivity contribution in [1.82, 2.24) is 0 Å². The minimum Gasteiger partial charge on any atom is -0.418 e. The molecule has 12 atom stereocenters. The van der Waals surface area contributed by atoms with Gasteiger partial charge in [0.1, 0.15) is 0 Å². The van der Waals surface area contributed by atoms with Gasteiger partial charge in [0.25, 0.3) is 0 Å². The molecule has 0 amide bonds. The molecule has 0 spiro atoms. The number of aliphatic hydroxyl groups excluding tert-OH is 1. The van der Waals surface area contributed by atoms with Gasteiger partial charge in [-0.25, -0.2) is 0 Å². The lowest BCUT2D eigenvalue weighted by Gasteiger charge is -2.64. The molecule has 0 unspecified atom stereocenters. The van der Waals surface area contributed by atoms with E-state index in [9.17, 15) is 15.3 Å². The molecule has 6 rings (SSSR count). The Kier molecular flexibility index (Phi) is 4.66. The number of rotatable bonds is 5. The number of hydrogen-bond donors (Lipinski definition) is 3. The van der Waals surface area contributed by atoms with Gasteiger partial charge in [-0.3, -0.25) is 0 Å². The number of aliphatic hydroxyl groups is 3. The molecule has 0 aliphatic heterocycles. The molecule has 3 N–H and O–H groups in total. The van der Waals surface area contributed by atoms with Crippen molar-refractivity contribution in [1.29, 1.82) is 0 Å². The van der Waals surface area contributed by atoms with Crippen LogP contribution in [0.25, 0.3) is 0 Å². The van der Waals surface area contributed by atoms with Crippen molar-refractivity contribution in [3.8, 4) is 0 Å². The van der Waals surface area contributed by atoms with Crippen LogP contribution in [0.15, 0.2) is 0 Å². The molecule has 6 aliphatic carbocycles. The fraction of sp³-hybridized carbons (Fsp3) is 1.00. The normalized spacial score (nSPS) is 60.0. The Hall–Kier alpha value is 0.0569. The van der Waals surface area contributed by atoms with E-state index in [1.165, 1.54) is 6.42 Å². The molecule has 32 heavy (non-hydrogen) atoms. The number of hydrogen-bond acceptors (Lipinski definition) is 4. The van der Waals surface area contributed by atoms with Crippen LogP contribution >= 0.6 is 0 Å². The highest BCUT2D eigenvalue weighted by Gasteiger charge is 2.81. The van der Waals surface area contributed by atoms with Gasteiger partial charge in [0.2, 0.25) is 0 Å². The van der Waals surface area contributed by atoms with Crippen molar-refractivity contribution in [2.45, 2.75) is 109 Å². The van der Waals surface area contributed by atoms with Gasteiger partial charge in [0.05, 0.1) is 17.3 Å². The van der Waals surface area contributed by atoms with E-state index in [1.54, 1.807) is 0 Å². The second-order valence-electron chi connectivity index (χ2n) is 14.4. The summed E-state index contributed by atoms with van der Waals surface area (Å²) >= 11 is 0. The second kappa shape index (κ2) is 6.63. The first kappa shape index (κ1) is 22.5. The van der Waals surface area contributed by atoms with Crippen LogP contribution in [-0.2, 0) is 4.43 Å². The maximum absolute atomic E-state index is 12.2. The summed E-state index contributed by atoms with van der Waals surface area (Å²) in [7, 11) is -1.51. The van der Waals surface area contributed by atoms with Gasteiger partial charge in [0, 0.05) is 13.0 Å². The van der Waals surface area contributed by atoms with Crippen LogP contribution in [-0.4, -0.2) is 47.5 Å². The standard InChI is InChI=1S/C27H46O4Si/c1-24-10-7-16(28)15-27(24,30)20-13-17(20)22-19(24)8-11-25(2)23(22)18-14-21(18)26(25,29)9-6-12-31-32(3,4)5/h16-23,28-30H,6-15H2,1-5H3/t16-,17-,18+,19-,20+,21-,22+,23-,24+,25-,26-,27+/m0/s1. The molecule has 0 aromatic carbocycles. The zero-order valence-corrected chi connectivity index (χ0v) is 21.9. The SMILES string of the molecule is C[C@]12CC[C@H]3[C@@H]([C@H]4C[C@H]4[C@]4(O)C[C@@H](O)CC[C@]34C)[C@@H]1[C@@H]1C[C@@H]1[C@@]2(O)CCCO[Si](C)(C)C. The molecular formula is C27H46O4Si. The third-order valence-corrected chi connectivity index (χ3v) is 13.1. The first-order chi connectivity index (χ1) is 14.9. The molecule has 0 aromatic heterocycles. The first-order valence-corrected chi connectivity index (χ1v) is 17.0. The molecule has 0 aromatic rings. The van der Waals surface area contributed by atoms with Gasteiger partial charge < -0.3 is 19.7 Å². The molecule has 6 aliphatic rings. The fourth-order valence-corrected chi connectivity index (χ4v) is 11.2. The predicted octanol–water partition coefficient (Wildman–Crippen LogP) is 4.58. The Balaban J connectivity index is 1.27. The zero-order chi connectivity index (χ0) is 22.9. The summed E-state index contributed by atoms with van der Waals surface area (Å²) in [5.74, 6) is 4.02. The van der Waals surface area contributed by atoms with Crippen molar-refractivity contribution in [2.75, 3.05) is 6.61 Å². The monoisotopic (exact) mass is 462 g/mol. The van der Waals surface area contributed by atoms with Crippen LogP contribution in [0.5, 0.6) is 0 Å². The second-order valence-corrected chi connectivity index (χ2v) is 18.9. The van der Waals surface area contributed by atoms with Crippen molar-refractivity contribution in [3.05, 3.63) is 0 Å². The molecule has 0 saturated heterocycles. The van der Waals surface area contributed by atoms with Crippen molar-refractivity contribution < 1.29 is 19.7 Å². The highest BCUT2D eigenvalue weighted by Crippen LogP contribution is 2.82. The maximum atomic E-state index is 12.2. The molecule has 0 heterocycles.